The van der Waals surface area contributed by atoms with Crippen molar-refractivity contribution in [2.75, 3.05) is 18.4 Å². The fourth-order valence-electron chi connectivity index (χ4n) is 4.09. The molecule has 0 aliphatic carbocycles. The van der Waals surface area contributed by atoms with Crippen LogP contribution in [0.4, 0.5) is 5.82 Å². The molecule has 0 saturated heterocycles. The number of aromatic nitrogens is 2. The zero-order chi connectivity index (χ0) is 26.5. The molecular weight excluding hydrogens is 448 g/mol. The van der Waals surface area contributed by atoms with E-state index in [0.29, 0.717) is 25.2 Å². The largest absolute Gasteiger partial charge is 0.333 e. The maximum atomic E-state index is 13.2. The number of nitrogens with zero attached hydrogens (tertiary/aromatic N) is 3. The number of hydrogen-bond acceptors (Lipinski definition) is 3. The Morgan fingerprint density at radius 1 is 1.03 bits per heavy atom. The van der Waals surface area contributed by atoms with Gasteiger partial charge in [0.05, 0.1) is 17.9 Å². The second kappa shape index (κ2) is 11.5. The van der Waals surface area contributed by atoms with Crippen LogP contribution >= 0.6 is 0 Å². The summed E-state index contributed by atoms with van der Waals surface area (Å²) in [6, 6.07) is 18.0. The van der Waals surface area contributed by atoms with Crippen LogP contribution in [0.2, 0.25) is 0 Å². The molecule has 192 valence electrons. The van der Waals surface area contributed by atoms with Gasteiger partial charge in [-0.15, -0.1) is 0 Å². The minimum atomic E-state index is -0.226. The molecule has 36 heavy (non-hydrogen) atoms. The molecular formula is C30H40N4O2. The lowest BCUT2D eigenvalue weighted by molar-refractivity contribution is -0.135. The van der Waals surface area contributed by atoms with Gasteiger partial charge in [0.15, 0.2) is 0 Å². The maximum absolute atomic E-state index is 13.2. The number of rotatable bonds is 9. The van der Waals surface area contributed by atoms with Gasteiger partial charge >= 0.3 is 0 Å². The highest BCUT2D eigenvalue weighted by atomic mass is 16.2. The van der Waals surface area contributed by atoms with Gasteiger partial charge in [0.1, 0.15) is 5.82 Å². The molecule has 6 heteroatoms. The fraction of sp³-hybridized carbons (Fsp3) is 0.433. The predicted octanol–water partition coefficient (Wildman–Crippen LogP) is 5.84. The van der Waals surface area contributed by atoms with E-state index >= 15 is 0 Å². The molecule has 2 amide bonds. The Morgan fingerprint density at radius 3 is 2.36 bits per heavy atom. The first-order chi connectivity index (χ1) is 17.0. The monoisotopic (exact) mass is 488 g/mol. The van der Waals surface area contributed by atoms with Crippen molar-refractivity contribution in [3.63, 3.8) is 0 Å². The number of carbonyl (C=O) groups excluding carboxylic acids is 2. The normalized spacial score (nSPS) is 11.6. The van der Waals surface area contributed by atoms with Crippen LogP contribution in [0.25, 0.3) is 5.69 Å². The Bertz CT molecular complexity index is 1190. The lowest BCUT2D eigenvalue weighted by Gasteiger charge is -2.24. The van der Waals surface area contributed by atoms with Gasteiger partial charge in [0.25, 0.3) is 0 Å². The Hall–Kier alpha value is -3.41. The van der Waals surface area contributed by atoms with Gasteiger partial charge < -0.3 is 10.2 Å². The first-order valence-corrected chi connectivity index (χ1v) is 12.7. The van der Waals surface area contributed by atoms with Crippen molar-refractivity contribution in [1.82, 2.24) is 14.7 Å². The lowest BCUT2D eigenvalue weighted by Crippen LogP contribution is -2.40. The molecule has 3 aromatic rings. The van der Waals surface area contributed by atoms with Crippen molar-refractivity contribution in [1.29, 1.82) is 0 Å². The van der Waals surface area contributed by atoms with Gasteiger partial charge in [-0.2, -0.15) is 5.10 Å². The van der Waals surface area contributed by atoms with Crippen molar-refractivity contribution in [3.8, 4) is 5.69 Å². The molecule has 1 heterocycles. The zero-order valence-corrected chi connectivity index (χ0v) is 22.8. The minimum absolute atomic E-state index is 0.00857. The predicted molar refractivity (Wildman–Crippen MR) is 147 cm³/mol. The van der Waals surface area contributed by atoms with Gasteiger partial charge in [-0.25, -0.2) is 4.68 Å². The van der Waals surface area contributed by atoms with E-state index < -0.39 is 0 Å². The fourth-order valence-corrected chi connectivity index (χ4v) is 4.09. The van der Waals surface area contributed by atoms with Gasteiger partial charge in [0, 0.05) is 24.4 Å². The molecule has 0 atom stereocenters. The van der Waals surface area contributed by atoms with E-state index in [4.69, 9.17) is 5.10 Å². The third kappa shape index (κ3) is 7.06. The third-order valence-electron chi connectivity index (χ3n) is 6.29. The number of hydrogen-bond donors (Lipinski definition) is 1. The van der Waals surface area contributed by atoms with Crippen LogP contribution in [0.5, 0.6) is 0 Å². The third-order valence-corrected chi connectivity index (χ3v) is 6.29. The zero-order valence-electron chi connectivity index (χ0n) is 22.8. The summed E-state index contributed by atoms with van der Waals surface area (Å²) >= 11 is 0. The standard InChI is InChI=1S/C30H40N4O2/c1-21(2)19-33(29(36)17-16-24-13-9-8-10-14-24)20-28(35)31-27-18-26(30(5,6)7)32-34(27)25-15-11-12-22(3)23(25)4/h8-15,18,21H,16-17,19-20H2,1-7H3,(H,31,35). The average molecular weight is 489 g/mol. The highest BCUT2D eigenvalue weighted by molar-refractivity contribution is 5.94. The van der Waals surface area contributed by atoms with Gasteiger partial charge in [-0.3, -0.25) is 9.59 Å². The maximum Gasteiger partial charge on any atom is 0.245 e. The minimum Gasteiger partial charge on any atom is -0.333 e. The number of benzene rings is 2. The highest BCUT2D eigenvalue weighted by Crippen LogP contribution is 2.28. The number of anilines is 1. The first-order valence-electron chi connectivity index (χ1n) is 12.7. The van der Waals surface area contributed by atoms with Crippen LogP contribution in [0, 0.1) is 19.8 Å². The lowest BCUT2D eigenvalue weighted by atomic mass is 9.92. The second-order valence-corrected chi connectivity index (χ2v) is 11.0. The Labute approximate surface area is 215 Å². The van der Waals surface area contributed by atoms with Gasteiger partial charge in [-0.05, 0) is 48.9 Å². The molecule has 0 saturated carbocycles. The average Bonchev–Trinajstić information content (AvgIpc) is 3.23. The smallest absolute Gasteiger partial charge is 0.245 e. The second-order valence-electron chi connectivity index (χ2n) is 11.0. The van der Waals surface area contributed by atoms with E-state index in [2.05, 4.69) is 59.8 Å². The number of nitrogens with one attached hydrogen (secondary N) is 1. The van der Waals surface area contributed by atoms with E-state index in [0.717, 1.165) is 28.1 Å². The molecule has 0 fully saturated rings. The van der Waals surface area contributed by atoms with E-state index in [1.807, 2.05) is 53.2 Å². The number of aryl methyl sites for hydroxylation is 2. The van der Waals surface area contributed by atoms with Gasteiger partial charge in [0.2, 0.25) is 11.8 Å². The Morgan fingerprint density at radius 2 is 1.72 bits per heavy atom. The first kappa shape index (κ1) is 27.2. The van der Waals surface area contributed by atoms with Crippen molar-refractivity contribution in [2.24, 2.45) is 5.92 Å². The van der Waals surface area contributed by atoms with Crippen LogP contribution in [-0.4, -0.2) is 39.6 Å². The summed E-state index contributed by atoms with van der Waals surface area (Å²) in [5.41, 5.74) is 5.01. The van der Waals surface area contributed by atoms with E-state index in [1.165, 1.54) is 0 Å². The molecule has 0 unspecified atom stereocenters. The van der Waals surface area contributed by atoms with Crippen LogP contribution in [0.15, 0.2) is 54.6 Å². The molecule has 0 radical (unpaired) electrons. The summed E-state index contributed by atoms with van der Waals surface area (Å²) in [6.45, 7) is 15.1. The van der Waals surface area contributed by atoms with E-state index in [1.54, 1.807) is 4.90 Å². The van der Waals surface area contributed by atoms with Crippen molar-refractivity contribution < 1.29 is 9.59 Å². The number of amides is 2. The SMILES string of the molecule is Cc1cccc(-n2nc(C(C)(C)C)cc2NC(=O)CN(CC(C)C)C(=O)CCc2ccccc2)c1C. The van der Waals surface area contributed by atoms with Crippen LogP contribution in [-0.2, 0) is 21.4 Å². The molecule has 0 aliphatic rings. The van der Waals surface area contributed by atoms with Crippen LogP contribution < -0.4 is 5.32 Å². The highest BCUT2D eigenvalue weighted by Gasteiger charge is 2.24. The topological polar surface area (TPSA) is 67.2 Å². The molecule has 6 nitrogen and oxygen atoms in total. The summed E-state index contributed by atoms with van der Waals surface area (Å²) in [6.07, 6.45) is 1.03. The van der Waals surface area contributed by atoms with Crippen molar-refractivity contribution >= 4 is 17.6 Å². The van der Waals surface area contributed by atoms with E-state index in [-0.39, 0.29) is 29.7 Å². The quantitative estimate of drug-likeness (QED) is 0.411. The van der Waals surface area contributed by atoms with Gasteiger partial charge in [-0.1, -0.05) is 77.1 Å². The molecule has 0 bridgehead atoms. The summed E-state index contributed by atoms with van der Waals surface area (Å²) in [5, 5.41) is 7.90. The molecule has 1 N–H and O–H groups in total. The molecule has 3 rings (SSSR count). The number of carbonyl (C=O) groups is 2. The molecule has 0 aliphatic heterocycles. The Balaban J connectivity index is 1.81. The summed E-state index contributed by atoms with van der Waals surface area (Å²) in [4.78, 5) is 28.0. The van der Waals surface area contributed by atoms with Crippen LogP contribution in [0.3, 0.4) is 0 Å². The van der Waals surface area contributed by atoms with E-state index in [9.17, 15) is 9.59 Å². The molecule has 0 spiro atoms. The summed E-state index contributed by atoms with van der Waals surface area (Å²) in [5.74, 6) is 0.628. The van der Waals surface area contributed by atoms with Crippen molar-refractivity contribution in [3.05, 3.63) is 77.0 Å². The van der Waals surface area contributed by atoms with Crippen molar-refractivity contribution in [2.45, 2.75) is 66.7 Å². The molecule has 2 aromatic carbocycles. The van der Waals surface area contributed by atoms with Crippen LogP contribution in [0.1, 0.15) is 63.4 Å². The summed E-state index contributed by atoms with van der Waals surface area (Å²) < 4.78 is 1.81. The summed E-state index contributed by atoms with van der Waals surface area (Å²) in [7, 11) is 0. The Kier molecular flexibility index (Phi) is 8.72. The molecule has 1 aromatic heterocycles.